The van der Waals surface area contributed by atoms with Crippen LogP contribution in [0.5, 0.6) is 0 Å². The van der Waals surface area contributed by atoms with Gasteiger partial charge in [0.2, 0.25) is 0 Å². The van der Waals surface area contributed by atoms with E-state index in [2.05, 4.69) is 41.8 Å². The second kappa shape index (κ2) is 11.4. The summed E-state index contributed by atoms with van der Waals surface area (Å²) in [6.45, 7) is 6.00. The van der Waals surface area contributed by atoms with E-state index in [-0.39, 0.29) is 17.1 Å². The van der Waals surface area contributed by atoms with Crippen molar-refractivity contribution in [2.75, 3.05) is 0 Å². The molecule has 151 valence electrons. The number of hydrogen-bond donors (Lipinski definition) is 0. The first-order valence-corrected chi connectivity index (χ1v) is 10.1. The Labute approximate surface area is 182 Å². The molecule has 3 nitrogen and oxygen atoms in total. The number of rotatable bonds is 2. The third-order valence-electron chi connectivity index (χ3n) is 6.19. The van der Waals surface area contributed by atoms with E-state index in [1.54, 1.807) is 21.6 Å². The molecule has 5 rings (SSSR count). The van der Waals surface area contributed by atoms with Gasteiger partial charge in [0.15, 0.2) is 0 Å². The second-order valence-electron chi connectivity index (χ2n) is 6.97. The molecule has 2 saturated carbocycles. The van der Waals surface area contributed by atoms with Crippen LogP contribution in [0, 0.1) is 11.8 Å². The summed E-state index contributed by atoms with van der Waals surface area (Å²) in [5.41, 5.74) is 5.34. The number of thiophene rings is 1. The minimum atomic E-state index is 0. The summed E-state index contributed by atoms with van der Waals surface area (Å²) in [5.74, 6) is 1.84. The van der Waals surface area contributed by atoms with Crippen molar-refractivity contribution in [2.45, 2.75) is 43.9 Å². The molecule has 0 bridgehead atoms. The Hall–Kier alpha value is -1.68. The van der Waals surface area contributed by atoms with E-state index in [9.17, 15) is 0 Å². The number of carbonyl (C=O) groups is 3. The van der Waals surface area contributed by atoms with Crippen LogP contribution in [-0.2, 0) is 49.7 Å². The van der Waals surface area contributed by atoms with E-state index >= 15 is 0 Å². The monoisotopic (exact) mass is 438 g/mol. The number of hydrogen-bond acceptors (Lipinski definition) is 4. The van der Waals surface area contributed by atoms with E-state index in [0.717, 1.165) is 24.7 Å². The van der Waals surface area contributed by atoms with E-state index in [0.29, 0.717) is 5.41 Å². The average molecular weight is 438 g/mol. The summed E-state index contributed by atoms with van der Waals surface area (Å²) in [7, 11) is 0. The summed E-state index contributed by atoms with van der Waals surface area (Å²) in [5, 5.41) is 2.27. The number of fused-ring (bicyclic) bond motifs is 2. The Kier molecular flexibility index (Phi) is 9.88. The molecule has 1 aromatic heterocycles. The van der Waals surface area contributed by atoms with Crippen molar-refractivity contribution < 1.29 is 31.5 Å². The van der Waals surface area contributed by atoms with Crippen LogP contribution in [0.2, 0.25) is 0 Å². The molecule has 0 N–H and O–H groups in total. The summed E-state index contributed by atoms with van der Waals surface area (Å²) < 4.78 is 0. The zero-order chi connectivity index (χ0) is 19.9. The Morgan fingerprint density at radius 1 is 0.964 bits per heavy atom. The molecule has 1 aromatic carbocycles. The molecule has 0 spiro atoms. The van der Waals surface area contributed by atoms with Gasteiger partial charge in [-0.2, -0.15) is 28.8 Å². The van der Waals surface area contributed by atoms with Gasteiger partial charge in [0.25, 0.3) is 0 Å². The first-order chi connectivity index (χ1) is 13.4. The van der Waals surface area contributed by atoms with Crippen LogP contribution in [0.25, 0.3) is 0 Å². The Morgan fingerprint density at radius 3 is 2.14 bits per heavy atom. The summed E-state index contributed by atoms with van der Waals surface area (Å²) in [6, 6.07) is 9.55. The molecule has 2 unspecified atom stereocenters. The second-order valence-corrected chi connectivity index (χ2v) is 7.92. The zero-order valence-electron chi connectivity index (χ0n) is 16.1. The van der Waals surface area contributed by atoms with Gasteiger partial charge in [-0.15, -0.1) is 11.3 Å². The molecule has 1 radical (unpaired) electrons. The van der Waals surface area contributed by atoms with Crippen LogP contribution in [0.1, 0.15) is 47.3 Å². The first-order valence-electron chi connectivity index (χ1n) is 9.26. The van der Waals surface area contributed by atoms with E-state index in [1.807, 2.05) is 31.7 Å². The van der Waals surface area contributed by atoms with Gasteiger partial charge in [-0.3, -0.25) is 0 Å². The maximum Gasteiger partial charge on any atom is 0.106 e. The van der Waals surface area contributed by atoms with Gasteiger partial charge in [0, 0.05) is 21.9 Å². The molecule has 2 fully saturated rings. The molecule has 3 aliphatic carbocycles. The zero-order valence-corrected chi connectivity index (χ0v) is 18.1. The fourth-order valence-electron chi connectivity index (χ4n) is 5.33. The molecule has 0 aliphatic heterocycles. The first kappa shape index (κ1) is 24.4. The normalized spacial score (nSPS) is 25.6. The fourth-order valence-corrected chi connectivity index (χ4v) is 6.39. The standard InChI is InChI=1S/C20H21S.3CH2O.Mn/c1-2-7-15-14(6-1)11-12-16(15)20(19-10-5-13-21-19)17-8-3-4-9-18(17)20;3*1-2;/h1-2,5,10-13,17-18H,3-4,6-9H2;3*1H2;/q-1;;;;. The molecular formula is C23H27MnO3S-. The summed E-state index contributed by atoms with van der Waals surface area (Å²) in [6.07, 6.45) is 12.8. The van der Waals surface area contributed by atoms with Crippen molar-refractivity contribution in [1.29, 1.82) is 0 Å². The predicted molar refractivity (Wildman–Crippen MR) is 110 cm³/mol. The topological polar surface area (TPSA) is 51.2 Å². The molecule has 2 aromatic rings. The molecule has 3 aliphatic rings. The average Bonchev–Trinajstić information content (AvgIpc) is 3.14. The maximum atomic E-state index is 8.00. The van der Waals surface area contributed by atoms with Gasteiger partial charge in [-0.25, -0.2) is 0 Å². The van der Waals surface area contributed by atoms with Crippen molar-refractivity contribution in [2.24, 2.45) is 11.8 Å². The Bertz CT molecular complexity index is 733. The van der Waals surface area contributed by atoms with Crippen LogP contribution < -0.4 is 0 Å². The molecule has 0 saturated heterocycles. The Balaban J connectivity index is 0.000000516. The molecule has 0 amide bonds. The number of carbonyl (C=O) groups excluding carboxylic acids is 3. The fraction of sp³-hybridized carbons (Fsp3) is 0.391. The van der Waals surface area contributed by atoms with Gasteiger partial charge in [0.1, 0.15) is 20.4 Å². The minimum absolute atomic E-state index is 0. The van der Waals surface area contributed by atoms with Crippen LogP contribution in [0.15, 0.2) is 41.8 Å². The van der Waals surface area contributed by atoms with Crippen LogP contribution in [-0.4, -0.2) is 20.4 Å². The predicted octanol–water partition coefficient (Wildman–Crippen LogP) is 4.67. The maximum absolute atomic E-state index is 8.00. The van der Waals surface area contributed by atoms with Gasteiger partial charge in [-0.05, 0) is 48.0 Å². The van der Waals surface area contributed by atoms with Crippen LogP contribution in [0.4, 0.5) is 0 Å². The molecule has 2 atom stereocenters. The van der Waals surface area contributed by atoms with Crippen molar-refractivity contribution >= 4 is 31.7 Å². The van der Waals surface area contributed by atoms with E-state index in [4.69, 9.17) is 14.4 Å². The molecule has 1 heterocycles. The van der Waals surface area contributed by atoms with Crippen LogP contribution >= 0.6 is 11.3 Å². The van der Waals surface area contributed by atoms with Crippen molar-refractivity contribution in [3.63, 3.8) is 0 Å². The molecule has 5 heteroatoms. The Morgan fingerprint density at radius 2 is 1.57 bits per heavy atom. The largest absolute Gasteiger partial charge is 0.307 e. The third-order valence-corrected chi connectivity index (χ3v) is 7.21. The van der Waals surface area contributed by atoms with Gasteiger partial charge in [0.05, 0.1) is 0 Å². The van der Waals surface area contributed by atoms with Gasteiger partial charge in [-0.1, -0.05) is 37.5 Å². The van der Waals surface area contributed by atoms with E-state index < -0.39 is 0 Å². The summed E-state index contributed by atoms with van der Waals surface area (Å²) in [4.78, 5) is 25.6. The smallest absolute Gasteiger partial charge is 0.106 e. The van der Waals surface area contributed by atoms with Crippen molar-refractivity contribution in [3.8, 4) is 0 Å². The third kappa shape index (κ3) is 3.89. The molecular weight excluding hydrogens is 411 g/mol. The quantitative estimate of drug-likeness (QED) is 0.389. The van der Waals surface area contributed by atoms with Gasteiger partial charge < -0.3 is 14.4 Å². The van der Waals surface area contributed by atoms with Crippen LogP contribution in [0.3, 0.4) is 0 Å². The number of allylic oxidation sites excluding steroid dienone is 2. The van der Waals surface area contributed by atoms with E-state index in [1.165, 1.54) is 25.7 Å². The van der Waals surface area contributed by atoms with Crippen molar-refractivity contribution in [1.82, 2.24) is 0 Å². The molecule has 28 heavy (non-hydrogen) atoms. The minimum Gasteiger partial charge on any atom is -0.307 e. The summed E-state index contributed by atoms with van der Waals surface area (Å²) >= 11 is 1.99. The van der Waals surface area contributed by atoms with Gasteiger partial charge >= 0.3 is 0 Å². The van der Waals surface area contributed by atoms with Crippen molar-refractivity contribution in [3.05, 3.63) is 63.4 Å². The SMILES string of the molecule is C1=CCc2c(C3(c4cccs4)C4CCCCC43)c[cH-]c2C1.C=O.C=O.C=O.[Mn].